The molecule has 1 unspecified atom stereocenters. The first-order valence-corrected chi connectivity index (χ1v) is 13.4. The van der Waals surface area contributed by atoms with Crippen LogP contribution in [0, 0.1) is 5.82 Å². The number of nitrogens with zero attached hydrogens (tertiary/aromatic N) is 2. The molecule has 0 radical (unpaired) electrons. The van der Waals surface area contributed by atoms with Crippen LogP contribution in [0.5, 0.6) is 0 Å². The average Bonchev–Trinajstić information content (AvgIpc) is 2.97. The Bertz CT molecular complexity index is 1500. The first-order valence-electron chi connectivity index (χ1n) is 11.6. The summed E-state index contributed by atoms with van der Waals surface area (Å²) in [6.45, 7) is 0.723. The number of anilines is 2. The summed E-state index contributed by atoms with van der Waals surface area (Å²) >= 11 is 6.68. The Morgan fingerprint density at radius 2 is 1.86 bits per heavy atom. The summed E-state index contributed by atoms with van der Waals surface area (Å²) in [6.07, 6.45) is 4.12. The highest BCUT2D eigenvalue weighted by atomic mass is 35.5. The first kappa shape index (κ1) is 25.4. The van der Waals surface area contributed by atoms with Crippen molar-refractivity contribution < 1.29 is 27.4 Å². The Kier molecular flexibility index (Phi) is 6.80. The number of para-hydroxylation sites is 1. The molecule has 0 bridgehead atoms. The molecule has 37 heavy (non-hydrogen) atoms. The maximum atomic E-state index is 14.1. The van der Waals surface area contributed by atoms with E-state index in [1.165, 1.54) is 23.5 Å². The van der Waals surface area contributed by atoms with E-state index in [1.54, 1.807) is 6.07 Å². The molecule has 5 rings (SSSR count). The number of hydrogen-bond acceptors (Lipinski definition) is 5. The molecule has 3 aromatic carbocycles. The zero-order valence-electron chi connectivity index (χ0n) is 19.8. The molecule has 0 amide bonds. The number of ether oxygens (including phenoxy) is 1. The second-order valence-electron chi connectivity index (χ2n) is 8.91. The Hall–Kier alpha value is -3.24. The fourth-order valence-electron chi connectivity index (χ4n) is 4.79. The molecule has 2 atom stereocenters. The Balaban J connectivity index is 1.72. The largest absolute Gasteiger partial charge is 0.478 e. The highest BCUT2D eigenvalue weighted by molar-refractivity contribution is 7.89. The average molecular weight is 543 g/mol. The third-order valence-corrected chi connectivity index (χ3v) is 9.00. The van der Waals surface area contributed by atoms with Gasteiger partial charge in [-0.3, -0.25) is 0 Å². The first-order chi connectivity index (χ1) is 17.7. The van der Waals surface area contributed by atoms with Gasteiger partial charge in [-0.2, -0.15) is 4.31 Å². The lowest BCUT2D eigenvalue weighted by Crippen LogP contribution is -2.49. The van der Waals surface area contributed by atoms with Crippen molar-refractivity contribution in [3.8, 4) is 11.1 Å². The fourth-order valence-corrected chi connectivity index (χ4v) is 6.63. The van der Waals surface area contributed by atoms with E-state index in [1.807, 2.05) is 47.4 Å². The summed E-state index contributed by atoms with van der Waals surface area (Å²) in [6, 6.07) is 15.5. The van der Waals surface area contributed by atoms with Crippen molar-refractivity contribution in [3.05, 3.63) is 89.2 Å². The van der Waals surface area contributed by atoms with Gasteiger partial charge in [-0.15, -0.1) is 0 Å². The van der Waals surface area contributed by atoms with Crippen LogP contribution in [0.4, 0.5) is 15.8 Å². The van der Waals surface area contributed by atoms with Gasteiger partial charge in [0.2, 0.25) is 10.0 Å². The molecule has 0 spiro atoms. The van der Waals surface area contributed by atoms with Crippen LogP contribution in [0.1, 0.15) is 16.8 Å². The van der Waals surface area contributed by atoms with Gasteiger partial charge in [0.05, 0.1) is 35.0 Å². The van der Waals surface area contributed by atoms with Gasteiger partial charge >= 0.3 is 5.97 Å². The third kappa shape index (κ3) is 4.64. The van der Waals surface area contributed by atoms with Gasteiger partial charge in [0.25, 0.3) is 0 Å². The molecule has 192 valence electrons. The van der Waals surface area contributed by atoms with Gasteiger partial charge < -0.3 is 14.7 Å². The molecule has 10 heteroatoms. The molecule has 3 aromatic rings. The predicted molar refractivity (Wildman–Crippen MR) is 139 cm³/mol. The van der Waals surface area contributed by atoms with Crippen LogP contribution in [-0.4, -0.2) is 56.1 Å². The number of carboxylic acids is 1. The minimum absolute atomic E-state index is 0.00769. The van der Waals surface area contributed by atoms with Crippen LogP contribution in [0.2, 0.25) is 5.02 Å². The summed E-state index contributed by atoms with van der Waals surface area (Å²) < 4.78 is 49.4. The quantitative estimate of drug-likeness (QED) is 0.448. The number of aromatic carboxylic acids is 1. The summed E-state index contributed by atoms with van der Waals surface area (Å²) in [7, 11) is -2.50. The van der Waals surface area contributed by atoms with E-state index in [-0.39, 0.29) is 27.1 Å². The summed E-state index contributed by atoms with van der Waals surface area (Å²) in [5.74, 6) is -2.33. The molecule has 0 aromatic heterocycles. The van der Waals surface area contributed by atoms with Gasteiger partial charge in [0.1, 0.15) is 10.7 Å². The van der Waals surface area contributed by atoms with E-state index >= 15 is 0 Å². The number of fused-ring (bicyclic) bond motifs is 1. The summed E-state index contributed by atoms with van der Waals surface area (Å²) in [4.78, 5) is 13.4. The zero-order valence-corrected chi connectivity index (χ0v) is 21.4. The van der Waals surface area contributed by atoms with Crippen molar-refractivity contribution >= 4 is 39.0 Å². The molecule has 0 saturated heterocycles. The Morgan fingerprint density at radius 3 is 2.54 bits per heavy atom. The van der Waals surface area contributed by atoms with Crippen molar-refractivity contribution in [2.24, 2.45) is 0 Å². The SMILES string of the molecule is CN1[C@H](C2CC=CCO2)CN(c2ccccc2)c2cc(Cl)c(-c3ccc(F)c(C(=O)O)c3)cc2S1(=O)=O. The second kappa shape index (κ2) is 9.90. The van der Waals surface area contributed by atoms with Crippen molar-refractivity contribution in [1.29, 1.82) is 0 Å². The van der Waals surface area contributed by atoms with Gasteiger partial charge in [-0.05, 0) is 48.4 Å². The van der Waals surface area contributed by atoms with E-state index in [2.05, 4.69) is 0 Å². The van der Waals surface area contributed by atoms with Crippen molar-refractivity contribution in [2.45, 2.75) is 23.5 Å². The molecule has 7 nitrogen and oxygen atoms in total. The highest BCUT2D eigenvalue weighted by Crippen LogP contribution is 2.43. The lowest BCUT2D eigenvalue weighted by atomic mass is 10.0. The van der Waals surface area contributed by atoms with E-state index in [4.69, 9.17) is 16.3 Å². The number of sulfonamides is 1. The van der Waals surface area contributed by atoms with E-state index in [0.717, 1.165) is 17.8 Å². The monoisotopic (exact) mass is 542 g/mol. The third-order valence-electron chi connectivity index (χ3n) is 6.78. The number of halogens is 2. The number of benzene rings is 3. The maximum Gasteiger partial charge on any atom is 0.338 e. The van der Waals surface area contributed by atoms with Crippen molar-refractivity contribution in [1.82, 2.24) is 4.31 Å². The Morgan fingerprint density at radius 1 is 1.11 bits per heavy atom. The molecule has 0 fully saturated rings. The molecule has 1 N–H and O–H groups in total. The van der Waals surface area contributed by atoms with Crippen LogP contribution >= 0.6 is 11.6 Å². The lowest BCUT2D eigenvalue weighted by molar-refractivity contribution is 0.0248. The van der Waals surface area contributed by atoms with Crippen LogP contribution in [0.15, 0.2) is 77.7 Å². The molecular formula is C27H24ClFN2O5S. The van der Waals surface area contributed by atoms with Gasteiger partial charge in [-0.1, -0.05) is 48.0 Å². The van der Waals surface area contributed by atoms with Crippen LogP contribution in [0.3, 0.4) is 0 Å². The number of hydrogen-bond donors (Lipinski definition) is 1. The minimum Gasteiger partial charge on any atom is -0.478 e. The fraction of sp³-hybridized carbons (Fsp3) is 0.222. The number of carbonyl (C=O) groups is 1. The molecule has 0 aliphatic carbocycles. The smallest absolute Gasteiger partial charge is 0.338 e. The topological polar surface area (TPSA) is 87.2 Å². The van der Waals surface area contributed by atoms with Gasteiger partial charge in [0.15, 0.2) is 0 Å². The number of likely N-dealkylation sites (N-methyl/N-ethyl adjacent to an activating group) is 1. The molecule has 2 aliphatic heterocycles. The summed E-state index contributed by atoms with van der Waals surface area (Å²) in [5, 5.41) is 9.57. The van der Waals surface area contributed by atoms with Gasteiger partial charge in [-0.25, -0.2) is 17.6 Å². The maximum absolute atomic E-state index is 14.1. The number of rotatable bonds is 4. The Labute approximate surface area is 219 Å². The number of carboxylic acid groups (broad SMARTS) is 1. The normalized spacial score (nSPS) is 21.3. The van der Waals surface area contributed by atoms with Crippen LogP contribution in [-0.2, 0) is 14.8 Å². The van der Waals surface area contributed by atoms with Gasteiger partial charge in [0, 0.05) is 24.8 Å². The predicted octanol–water partition coefficient (Wildman–Crippen LogP) is 5.33. The molecule has 2 aliphatic rings. The van der Waals surface area contributed by atoms with Crippen LogP contribution < -0.4 is 4.90 Å². The molecule has 2 heterocycles. The van der Waals surface area contributed by atoms with E-state index in [9.17, 15) is 22.7 Å². The van der Waals surface area contributed by atoms with Crippen molar-refractivity contribution in [2.75, 3.05) is 25.1 Å². The lowest BCUT2D eigenvalue weighted by Gasteiger charge is -2.35. The highest BCUT2D eigenvalue weighted by Gasteiger charge is 2.41. The van der Waals surface area contributed by atoms with Crippen LogP contribution in [0.25, 0.3) is 11.1 Å². The summed E-state index contributed by atoms with van der Waals surface area (Å²) in [5.41, 5.74) is 1.21. The minimum atomic E-state index is -4.04. The second-order valence-corrected chi connectivity index (χ2v) is 11.3. The molecule has 0 saturated carbocycles. The molecular weight excluding hydrogens is 519 g/mol. The van der Waals surface area contributed by atoms with Crippen molar-refractivity contribution in [3.63, 3.8) is 0 Å². The van der Waals surface area contributed by atoms with E-state index < -0.39 is 33.4 Å². The standard InChI is InChI=1S/C27H24ClFN2O5S/c1-30-24(25-9-5-6-12-36-25)16-31(18-7-3-2-4-8-18)23-15-21(28)19(14-26(23)37(30,34)35)17-10-11-22(29)20(13-17)27(32)33/h2-8,10-11,13-15,24-25H,9,12,16H2,1H3,(H,32,33)/t24-,25?/m0/s1. The zero-order chi connectivity index (χ0) is 26.3. The van der Waals surface area contributed by atoms with E-state index in [0.29, 0.717) is 25.3 Å².